The van der Waals surface area contributed by atoms with Crippen molar-refractivity contribution in [3.63, 3.8) is 0 Å². The number of nitrogens with zero attached hydrogens (tertiary/aromatic N) is 1. The second-order valence-corrected chi connectivity index (χ2v) is 7.48. The Balaban J connectivity index is 1.69. The summed E-state index contributed by atoms with van der Waals surface area (Å²) in [4.78, 5) is 14.6. The minimum atomic E-state index is -2.82. The number of likely N-dealkylation sites (tertiary alicyclic amines) is 1. The normalized spacial score (nSPS) is 26.3. The van der Waals surface area contributed by atoms with Crippen molar-refractivity contribution in [2.45, 2.75) is 52.2 Å². The summed E-state index contributed by atoms with van der Waals surface area (Å²) in [6.07, 6.45) is 3.76. The second kappa shape index (κ2) is 7.58. The number of hydrogen-bond donors (Lipinski definition) is 1. The van der Waals surface area contributed by atoms with E-state index in [1.807, 2.05) is 4.90 Å². The Morgan fingerprint density at radius 1 is 1.28 bits per heavy atom. The summed E-state index contributed by atoms with van der Waals surface area (Å²) in [6.45, 7) is 3.11. The largest absolute Gasteiger partial charge is 0.435 e. The monoisotopic (exact) mass is 352 g/mol. The molecule has 0 radical (unpaired) electrons. The Morgan fingerprint density at radius 2 is 2.00 bits per heavy atom. The van der Waals surface area contributed by atoms with Gasteiger partial charge < -0.3 is 15.0 Å². The van der Waals surface area contributed by atoms with Gasteiger partial charge in [-0.3, -0.25) is 0 Å². The van der Waals surface area contributed by atoms with Gasteiger partial charge in [0.05, 0.1) is 6.04 Å². The minimum absolute atomic E-state index is 0.0239. The Bertz CT molecular complexity index is 613. The van der Waals surface area contributed by atoms with Crippen LogP contribution in [-0.4, -0.2) is 30.6 Å². The number of carbonyl (C=O) groups excluding carboxylic acids is 1. The molecule has 1 aliphatic heterocycles. The lowest BCUT2D eigenvalue weighted by Gasteiger charge is -2.36. The van der Waals surface area contributed by atoms with E-state index in [4.69, 9.17) is 0 Å². The Morgan fingerprint density at radius 3 is 2.68 bits per heavy atom. The van der Waals surface area contributed by atoms with Crippen molar-refractivity contribution < 1.29 is 18.3 Å². The third-order valence-electron chi connectivity index (χ3n) is 5.11. The first kappa shape index (κ1) is 18.0. The van der Waals surface area contributed by atoms with E-state index in [2.05, 4.69) is 23.9 Å². The van der Waals surface area contributed by atoms with E-state index in [1.165, 1.54) is 0 Å². The van der Waals surface area contributed by atoms with E-state index in [0.29, 0.717) is 11.8 Å². The number of aryl methyl sites for hydroxylation is 1. The molecule has 25 heavy (non-hydrogen) atoms. The maximum Gasteiger partial charge on any atom is 0.387 e. The number of nitrogens with one attached hydrogen (secondary N) is 1. The first-order chi connectivity index (χ1) is 11.9. The van der Waals surface area contributed by atoms with Gasteiger partial charge in [0.2, 0.25) is 0 Å². The quantitative estimate of drug-likeness (QED) is 0.878. The van der Waals surface area contributed by atoms with Crippen LogP contribution >= 0.6 is 0 Å². The fraction of sp³-hybridized carbons (Fsp3) is 0.632. The molecule has 1 aliphatic carbocycles. The summed E-state index contributed by atoms with van der Waals surface area (Å²) in [6, 6.07) is 4.94. The lowest BCUT2D eigenvalue weighted by Crippen LogP contribution is -2.48. The zero-order chi connectivity index (χ0) is 18.0. The van der Waals surface area contributed by atoms with Crippen molar-refractivity contribution in [2.24, 2.45) is 11.8 Å². The van der Waals surface area contributed by atoms with Gasteiger partial charge in [0.25, 0.3) is 0 Å². The van der Waals surface area contributed by atoms with Crippen LogP contribution in [0.25, 0.3) is 0 Å². The van der Waals surface area contributed by atoms with Gasteiger partial charge in [0.15, 0.2) is 0 Å². The van der Waals surface area contributed by atoms with Gasteiger partial charge in [-0.1, -0.05) is 19.9 Å². The molecule has 4 nitrogen and oxygen atoms in total. The van der Waals surface area contributed by atoms with Gasteiger partial charge in [-0.25, -0.2) is 4.79 Å². The number of alkyl halides is 2. The zero-order valence-corrected chi connectivity index (χ0v) is 14.8. The van der Waals surface area contributed by atoms with E-state index in [1.54, 1.807) is 18.2 Å². The van der Waals surface area contributed by atoms with Crippen LogP contribution < -0.4 is 10.1 Å². The Labute approximate surface area is 147 Å². The van der Waals surface area contributed by atoms with Gasteiger partial charge >= 0.3 is 12.6 Å². The molecule has 1 aromatic carbocycles. The molecule has 0 saturated carbocycles. The second-order valence-electron chi connectivity index (χ2n) is 7.48. The van der Waals surface area contributed by atoms with Crippen LogP contribution in [0.4, 0.5) is 13.6 Å². The molecule has 138 valence electrons. The van der Waals surface area contributed by atoms with Gasteiger partial charge in [-0.05, 0) is 60.8 Å². The molecular formula is C19H26F2N2O2. The number of rotatable bonds is 3. The molecule has 3 unspecified atom stereocenters. The summed E-state index contributed by atoms with van der Waals surface area (Å²) in [5.41, 5.74) is 1.99. The van der Waals surface area contributed by atoms with Gasteiger partial charge in [0, 0.05) is 13.1 Å². The number of amides is 2. The smallest absolute Gasteiger partial charge is 0.387 e. The number of carbonyl (C=O) groups is 1. The molecule has 1 fully saturated rings. The lowest BCUT2D eigenvalue weighted by molar-refractivity contribution is -0.0499. The van der Waals surface area contributed by atoms with E-state index < -0.39 is 6.61 Å². The van der Waals surface area contributed by atoms with Crippen LogP contribution in [0.3, 0.4) is 0 Å². The summed E-state index contributed by atoms with van der Waals surface area (Å²) >= 11 is 0. The molecule has 2 aliphatic rings. The average Bonchev–Trinajstić information content (AvgIpc) is 2.53. The Hall–Kier alpha value is -1.85. The van der Waals surface area contributed by atoms with Crippen LogP contribution in [0.5, 0.6) is 5.75 Å². The predicted molar refractivity (Wildman–Crippen MR) is 91.8 cm³/mol. The van der Waals surface area contributed by atoms with Crippen molar-refractivity contribution >= 4 is 6.03 Å². The van der Waals surface area contributed by atoms with Crippen molar-refractivity contribution in [3.8, 4) is 5.75 Å². The highest BCUT2D eigenvalue weighted by Gasteiger charge is 2.28. The first-order valence-electron chi connectivity index (χ1n) is 9.05. The molecule has 6 heteroatoms. The molecule has 0 bridgehead atoms. The Kier molecular flexibility index (Phi) is 5.45. The van der Waals surface area contributed by atoms with Gasteiger partial charge in [0.1, 0.15) is 5.75 Å². The third kappa shape index (κ3) is 4.41. The molecule has 3 atom stereocenters. The maximum atomic E-state index is 12.7. The number of urea groups is 1. The number of ether oxygens (including phenoxy) is 1. The average molecular weight is 352 g/mol. The highest BCUT2D eigenvalue weighted by atomic mass is 19.3. The lowest BCUT2D eigenvalue weighted by atomic mass is 9.87. The van der Waals surface area contributed by atoms with Crippen molar-refractivity contribution in [3.05, 3.63) is 29.3 Å². The number of hydrogen-bond acceptors (Lipinski definition) is 2. The van der Waals surface area contributed by atoms with Gasteiger partial charge in [-0.2, -0.15) is 8.78 Å². The molecule has 0 aromatic heterocycles. The van der Waals surface area contributed by atoms with Crippen molar-refractivity contribution in [1.29, 1.82) is 0 Å². The molecule has 0 spiro atoms. The van der Waals surface area contributed by atoms with E-state index in [0.717, 1.165) is 49.9 Å². The third-order valence-corrected chi connectivity index (χ3v) is 5.11. The van der Waals surface area contributed by atoms with E-state index >= 15 is 0 Å². The highest BCUT2D eigenvalue weighted by molar-refractivity contribution is 5.75. The molecule has 3 rings (SSSR count). The summed E-state index contributed by atoms with van der Waals surface area (Å²) in [7, 11) is 0. The molecular weight excluding hydrogens is 326 g/mol. The summed E-state index contributed by atoms with van der Waals surface area (Å²) < 4.78 is 29.3. The van der Waals surface area contributed by atoms with Crippen LogP contribution in [0, 0.1) is 11.8 Å². The SMILES string of the molecule is CC1CC(C)CN(C(=O)NC2CCCc3cc(OC(F)F)ccc32)C1. The number of benzene rings is 1. The fourth-order valence-corrected chi connectivity index (χ4v) is 4.19. The molecule has 1 saturated heterocycles. The summed E-state index contributed by atoms with van der Waals surface area (Å²) in [5, 5.41) is 3.14. The topological polar surface area (TPSA) is 41.6 Å². The van der Waals surface area contributed by atoms with Crippen LogP contribution in [0.2, 0.25) is 0 Å². The molecule has 1 aromatic rings. The van der Waals surface area contributed by atoms with Crippen molar-refractivity contribution in [2.75, 3.05) is 13.1 Å². The van der Waals surface area contributed by atoms with Crippen molar-refractivity contribution in [1.82, 2.24) is 10.2 Å². The molecule has 2 amide bonds. The highest BCUT2D eigenvalue weighted by Crippen LogP contribution is 2.33. The number of halogens is 2. The fourth-order valence-electron chi connectivity index (χ4n) is 4.19. The van der Waals surface area contributed by atoms with E-state index in [-0.39, 0.29) is 17.8 Å². The summed E-state index contributed by atoms with van der Waals surface area (Å²) in [5.74, 6) is 1.21. The van der Waals surface area contributed by atoms with Crippen LogP contribution in [0.1, 0.15) is 50.3 Å². The first-order valence-corrected chi connectivity index (χ1v) is 9.05. The van der Waals surface area contributed by atoms with Crippen LogP contribution in [-0.2, 0) is 6.42 Å². The number of fused-ring (bicyclic) bond motifs is 1. The zero-order valence-electron chi connectivity index (χ0n) is 14.8. The van der Waals surface area contributed by atoms with Crippen LogP contribution in [0.15, 0.2) is 18.2 Å². The molecule has 1 N–H and O–H groups in total. The number of piperidine rings is 1. The minimum Gasteiger partial charge on any atom is -0.435 e. The van der Waals surface area contributed by atoms with E-state index in [9.17, 15) is 13.6 Å². The molecule has 1 heterocycles. The predicted octanol–water partition coefficient (Wildman–Crippen LogP) is 4.35. The van der Waals surface area contributed by atoms with Gasteiger partial charge in [-0.15, -0.1) is 0 Å². The standard InChI is InChI=1S/C19H26F2N2O2/c1-12-8-13(2)11-23(10-12)19(24)22-17-5-3-4-14-9-15(25-18(20)21)6-7-16(14)17/h6-7,9,12-13,17-18H,3-5,8,10-11H2,1-2H3,(H,22,24). The maximum absolute atomic E-state index is 12.7.